The van der Waals surface area contributed by atoms with Gasteiger partial charge in [-0.15, -0.1) is 0 Å². The number of nitrogens with zero attached hydrogens (tertiary/aromatic N) is 1. The molecule has 1 aliphatic carbocycles. The molecule has 1 heterocycles. The molecule has 0 aromatic carbocycles. The lowest BCUT2D eigenvalue weighted by Gasteiger charge is -2.05. The lowest BCUT2D eigenvalue weighted by molar-refractivity contribution is 0.135. The van der Waals surface area contributed by atoms with E-state index in [0.29, 0.717) is 18.9 Å². The summed E-state index contributed by atoms with van der Waals surface area (Å²) >= 11 is 0. The Morgan fingerprint density at radius 2 is 2.21 bits per heavy atom. The fourth-order valence-corrected chi connectivity index (χ4v) is 1.80. The number of oxazole rings is 1. The molecular formula is C10H16N2O2. The number of aliphatic hydroxyl groups is 1. The Bertz CT molecular complexity index is 286. The van der Waals surface area contributed by atoms with Crippen molar-refractivity contribution < 1.29 is 9.52 Å². The Morgan fingerprint density at radius 3 is 2.93 bits per heavy atom. The van der Waals surface area contributed by atoms with Crippen LogP contribution in [0.15, 0.2) is 4.42 Å². The molecule has 0 saturated heterocycles. The van der Waals surface area contributed by atoms with Gasteiger partial charge in [-0.05, 0) is 32.2 Å². The molecule has 1 aromatic heterocycles. The molecule has 2 rings (SSSR count). The molecule has 0 radical (unpaired) electrons. The molecule has 0 spiro atoms. The minimum atomic E-state index is -0.634. The molecule has 4 heteroatoms. The first-order chi connectivity index (χ1) is 6.81. The van der Waals surface area contributed by atoms with E-state index < -0.39 is 6.10 Å². The van der Waals surface area contributed by atoms with Gasteiger partial charge in [0, 0.05) is 6.42 Å². The second-order valence-electron chi connectivity index (χ2n) is 3.72. The van der Waals surface area contributed by atoms with E-state index in [4.69, 9.17) is 10.2 Å². The maximum Gasteiger partial charge on any atom is 0.223 e. The van der Waals surface area contributed by atoms with Crippen LogP contribution in [0.5, 0.6) is 0 Å². The van der Waals surface area contributed by atoms with E-state index in [1.807, 2.05) is 0 Å². The Hall–Kier alpha value is -0.870. The zero-order chi connectivity index (χ0) is 9.97. The van der Waals surface area contributed by atoms with Crippen LogP contribution in [0.25, 0.3) is 0 Å². The molecular weight excluding hydrogens is 180 g/mol. The summed E-state index contributed by atoms with van der Waals surface area (Å²) in [5.41, 5.74) is 6.39. The molecule has 78 valence electrons. The highest BCUT2D eigenvalue weighted by molar-refractivity contribution is 5.13. The smallest absolute Gasteiger partial charge is 0.223 e. The van der Waals surface area contributed by atoms with E-state index in [2.05, 4.69) is 4.98 Å². The molecule has 1 unspecified atom stereocenters. The van der Waals surface area contributed by atoms with Gasteiger partial charge in [-0.2, -0.15) is 0 Å². The zero-order valence-electron chi connectivity index (χ0n) is 8.20. The van der Waals surface area contributed by atoms with Crippen molar-refractivity contribution in [1.82, 2.24) is 4.98 Å². The monoisotopic (exact) mass is 196 g/mol. The lowest BCUT2D eigenvalue weighted by atomic mass is 10.0. The van der Waals surface area contributed by atoms with E-state index in [0.717, 1.165) is 30.7 Å². The predicted molar refractivity (Wildman–Crippen MR) is 51.8 cm³/mol. The number of rotatable bonds is 3. The van der Waals surface area contributed by atoms with Crippen molar-refractivity contribution in [2.75, 3.05) is 6.54 Å². The van der Waals surface area contributed by atoms with E-state index >= 15 is 0 Å². The van der Waals surface area contributed by atoms with Gasteiger partial charge in [0.15, 0.2) is 0 Å². The van der Waals surface area contributed by atoms with Gasteiger partial charge in [-0.25, -0.2) is 4.98 Å². The van der Waals surface area contributed by atoms with E-state index in [1.54, 1.807) is 0 Å². The first-order valence-electron chi connectivity index (χ1n) is 5.18. The van der Waals surface area contributed by atoms with Crippen molar-refractivity contribution in [2.24, 2.45) is 5.73 Å². The third kappa shape index (κ3) is 1.81. The minimum absolute atomic E-state index is 0.447. The third-order valence-electron chi connectivity index (χ3n) is 2.59. The summed E-state index contributed by atoms with van der Waals surface area (Å²) in [4.78, 5) is 4.30. The molecule has 0 amide bonds. The number of fused-ring (bicyclic) bond motifs is 1. The number of hydrogen-bond donors (Lipinski definition) is 2. The summed E-state index contributed by atoms with van der Waals surface area (Å²) in [6, 6.07) is 0. The van der Waals surface area contributed by atoms with Gasteiger partial charge in [0.2, 0.25) is 5.89 Å². The van der Waals surface area contributed by atoms with Crippen LogP contribution >= 0.6 is 0 Å². The number of aliphatic hydroxyl groups excluding tert-OH is 1. The lowest BCUT2D eigenvalue weighted by Crippen LogP contribution is -2.07. The van der Waals surface area contributed by atoms with Crippen molar-refractivity contribution in [2.45, 2.75) is 38.2 Å². The van der Waals surface area contributed by atoms with Crippen molar-refractivity contribution in [3.63, 3.8) is 0 Å². The fourth-order valence-electron chi connectivity index (χ4n) is 1.80. The average Bonchev–Trinajstić information content (AvgIpc) is 2.61. The van der Waals surface area contributed by atoms with Gasteiger partial charge in [-0.3, -0.25) is 0 Å². The van der Waals surface area contributed by atoms with Crippen LogP contribution in [-0.4, -0.2) is 16.6 Å². The maximum absolute atomic E-state index is 9.63. The maximum atomic E-state index is 9.63. The summed E-state index contributed by atoms with van der Waals surface area (Å²) in [6.07, 6.45) is 4.15. The van der Waals surface area contributed by atoms with Gasteiger partial charge in [-0.1, -0.05) is 0 Å². The summed E-state index contributed by atoms with van der Waals surface area (Å²) < 4.78 is 5.50. The van der Waals surface area contributed by atoms with Gasteiger partial charge in [0.1, 0.15) is 11.9 Å². The van der Waals surface area contributed by atoms with Gasteiger partial charge in [0.05, 0.1) is 5.69 Å². The second-order valence-corrected chi connectivity index (χ2v) is 3.72. The molecule has 0 bridgehead atoms. The molecule has 0 fully saturated rings. The van der Waals surface area contributed by atoms with Crippen molar-refractivity contribution in [3.05, 3.63) is 17.3 Å². The molecule has 0 saturated carbocycles. The van der Waals surface area contributed by atoms with E-state index in [9.17, 15) is 5.11 Å². The van der Waals surface area contributed by atoms with Crippen molar-refractivity contribution in [1.29, 1.82) is 0 Å². The number of hydrogen-bond acceptors (Lipinski definition) is 4. The Morgan fingerprint density at radius 1 is 1.43 bits per heavy atom. The topological polar surface area (TPSA) is 72.3 Å². The predicted octanol–water partition coefficient (Wildman–Crippen LogP) is 0.936. The SMILES string of the molecule is NCCC(O)c1nc2c(o1)CCCC2. The van der Waals surface area contributed by atoms with Gasteiger partial charge in [0.25, 0.3) is 0 Å². The van der Waals surface area contributed by atoms with Crippen LogP contribution in [0.1, 0.15) is 42.7 Å². The molecule has 1 aliphatic rings. The van der Waals surface area contributed by atoms with Crippen LogP contribution in [0.2, 0.25) is 0 Å². The highest BCUT2D eigenvalue weighted by Gasteiger charge is 2.20. The molecule has 14 heavy (non-hydrogen) atoms. The molecule has 3 N–H and O–H groups in total. The van der Waals surface area contributed by atoms with E-state index in [-0.39, 0.29) is 0 Å². The van der Waals surface area contributed by atoms with Crippen LogP contribution < -0.4 is 5.73 Å². The van der Waals surface area contributed by atoms with Crippen LogP contribution in [-0.2, 0) is 12.8 Å². The quantitative estimate of drug-likeness (QED) is 0.754. The summed E-state index contributed by atoms with van der Waals surface area (Å²) in [6.45, 7) is 0.453. The van der Waals surface area contributed by atoms with Gasteiger partial charge >= 0.3 is 0 Å². The molecule has 4 nitrogen and oxygen atoms in total. The Labute approximate surface area is 83.1 Å². The normalized spacial score (nSPS) is 17.9. The highest BCUT2D eigenvalue weighted by atomic mass is 16.4. The van der Waals surface area contributed by atoms with Crippen molar-refractivity contribution in [3.8, 4) is 0 Å². The molecule has 1 atom stereocenters. The zero-order valence-corrected chi connectivity index (χ0v) is 8.20. The highest BCUT2D eigenvalue weighted by Crippen LogP contribution is 2.25. The van der Waals surface area contributed by atoms with E-state index in [1.165, 1.54) is 6.42 Å². The minimum Gasteiger partial charge on any atom is -0.443 e. The largest absolute Gasteiger partial charge is 0.443 e. The second kappa shape index (κ2) is 4.11. The number of aromatic nitrogens is 1. The summed E-state index contributed by atoms with van der Waals surface area (Å²) in [7, 11) is 0. The third-order valence-corrected chi connectivity index (χ3v) is 2.59. The molecule has 0 aliphatic heterocycles. The van der Waals surface area contributed by atoms with Crippen LogP contribution in [0, 0.1) is 0 Å². The van der Waals surface area contributed by atoms with Gasteiger partial charge < -0.3 is 15.3 Å². The number of aryl methyl sites for hydroxylation is 2. The van der Waals surface area contributed by atoms with Crippen LogP contribution in [0.4, 0.5) is 0 Å². The summed E-state index contributed by atoms with van der Waals surface area (Å²) in [5.74, 6) is 1.41. The fraction of sp³-hybridized carbons (Fsp3) is 0.700. The Balaban J connectivity index is 2.15. The Kier molecular flexibility index (Phi) is 2.84. The first-order valence-corrected chi connectivity index (χ1v) is 5.18. The van der Waals surface area contributed by atoms with Crippen LogP contribution in [0.3, 0.4) is 0 Å². The number of nitrogens with two attached hydrogens (primary N) is 1. The first kappa shape index (κ1) is 9.68. The summed E-state index contributed by atoms with van der Waals surface area (Å²) in [5, 5.41) is 9.63. The van der Waals surface area contributed by atoms with Crippen molar-refractivity contribution >= 4 is 0 Å². The average molecular weight is 196 g/mol. The standard InChI is InChI=1S/C10H16N2O2/c11-6-5-8(13)10-12-7-3-1-2-4-9(7)14-10/h8,13H,1-6,11H2. The molecule has 1 aromatic rings.